The number of nitriles is 1. The number of furan rings is 1. The van der Waals surface area contributed by atoms with Crippen molar-refractivity contribution in [2.75, 3.05) is 0 Å². The molecule has 1 aliphatic rings. The first-order valence-electron chi connectivity index (χ1n) is 8.50. The molecular weight excluding hydrogens is 332 g/mol. The molecule has 128 valence electrons. The summed E-state index contributed by atoms with van der Waals surface area (Å²) < 4.78 is 5.72. The lowest BCUT2D eigenvalue weighted by atomic mass is 9.95. The van der Waals surface area contributed by atoms with Gasteiger partial charge in [0.1, 0.15) is 17.4 Å². The van der Waals surface area contributed by atoms with Crippen molar-refractivity contribution in [3.63, 3.8) is 0 Å². The van der Waals surface area contributed by atoms with E-state index in [0.717, 1.165) is 35.7 Å². The van der Waals surface area contributed by atoms with Gasteiger partial charge in [0, 0.05) is 17.0 Å². The molecule has 0 aliphatic heterocycles. The summed E-state index contributed by atoms with van der Waals surface area (Å²) in [5.41, 5.74) is 0.0798. The maximum Gasteiger partial charge on any atom is 0.262 e. The first-order valence-corrected chi connectivity index (χ1v) is 9.31. The summed E-state index contributed by atoms with van der Waals surface area (Å²) in [6, 6.07) is 15.7. The van der Waals surface area contributed by atoms with Gasteiger partial charge in [-0.05, 0) is 37.1 Å². The minimum absolute atomic E-state index is 0.0798. The van der Waals surface area contributed by atoms with Gasteiger partial charge in [-0.3, -0.25) is 4.79 Å². The van der Waals surface area contributed by atoms with Gasteiger partial charge in [0.05, 0.1) is 0 Å². The molecule has 0 saturated heterocycles. The van der Waals surface area contributed by atoms with Crippen LogP contribution >= 0.6 is 11.8 Å². The van der Waals surface area contributed by atoms with Crippen LogP contribution in [0.25, 0.3) is 6.08 Å². The van der Waals surface area contributed by atoms with Gasteiger partial charge in [-0.15, -0.1) is 0 Å². The van der Waals surface area contributed by atoms with Crippen LogP contribution in [0.3, 0.4) is 0 Å². The van der Waals surface area contributed by atoms with E-state index in [9.17, 15) is 10.1 Å². The maximum absolute atomic E-state index is 12.3. The topological polar surface area (TPSA) is 66.0 Å². The number of nitrogens with one attached hydrogen (secondary N) is 1. The normalized spacial score (nSPS) is 15.6. The van der Waals surface area contributed by atoms with E-state index in [0.29, 0.717) is 5.76 Å². The number of benzene rings is 1. The van der Waals surface area contributed by atoms with Crippen LogP contribution in [-0.4, -0.2) is 11.9 Å². The first kappa shape index (κ1) is 17.4. The van der Waals surface area contributed by atoms with Crippen molar-refractivity contribution >= 4 is 23.7 Å². The number of hydrogen-bond donors (Lipinski definition) is 1. The second-order valence-corrected chi connectivity index (χ2v) is 7.13. The monoisotopic (exact) mass is 352 g/mol. The van der Waals surface area contributed by atoms with Crippen LogP contribution in [0, 0.1) is 11.3 Å². The van der Waals surface area contributed by atoms with E-state index < -0.39 is 0 Å². The van der Waals surface area contributed by atoms with Gasteiger partial charge in [0.15, 0.2) is 5.09 Å². The Labute approximate surface area is 151 Å². The number of hydrogen-bond acceptors (Lipinski definition) is 4. The van der Waals surface area contributed by atoms with Gasteiger partial charge in [-0.25, -0.2) is 0 Å². The molecule has 1 aromatic carbocycles. The zero-order valence-corrected chi connectivity index (χ0v) is 14.7. The molecular formula is C20H20N2O2S. The average Bonchev–Trinajstić information content (AvgIpc) is 3.08. The molecule has 2 aromatic rings. The van der Waals surface area contributed by atoms with Crippen molar-refractivity contribution in [3.8, 4) is 6.07 Å². The number of nitrogens with zero attached hydrogens (tertiary/aromatic N) is 1. The Bertz CT molecular complexity index is 784. The molecule has 1 aliphatic carbocycles. The number of carbonyl (C=O) groups excluding carboxylic acids is 1. The molecule has 0 bridgehead atoms. The van der Waals surface area contributed by atoms with Gasteiger partial charge in [-0.1, -0.05) is 49.2 Å². The van der Waals surface area contributed by atoms with Crippen molar-refractivity contribution < 1.29 is 9.21 Å². The van der Waals surface area contributed by atoms with Crippen LogP contribution in [0.5, 0.6) is 0 Å². The Morgan fingerprint density at radius 3 is 2.64 bits per heavy atom. The highest BCUT2D eigenvalue weighted by Crippen LogP contribution is 2.29. The molecule has 4 nitrogen and oxygen atoms in total. The Morgan fingerprint density at radius 2 is 1.92 bits per heavy atom. The highest BCUT2D eigenvalue weighted by Gasteiger charge is 2.18. The molecule has 1 heterocycles. The summed E-state index contributed by atoms with van der Waals surface area (Å²) in [5, 5.41) is 13.0. The van der Waals surface area contributed by atoms with E-state index in [1.165, 1.54) is 24.3 Å². The molecule has 1 fully saturated rings. The van der Waals surface area contributed by atoms with E-state index in [2.05, 4.69) is 5.32 Å². The fourth-order valence-corrected chi connectivity index (χ4v) is 3.67. The van der Waals surface area contributed by atoms with Gasteiger partial charge in [0.25, 0.3) is 5.91 Å². The van der Waals surface area contributed by atoms with Crippen molar-refractivity contribution in [3.05, 3.63) is 53.8 Å². The average molecular weight is 352 g/mol. The SMILES string of the molecule is N#C/C(=C\c1ccc(Sc2ccccc2)o1)C(=O)NC1CCCCC1. The standard InChI is InChI=1S/C20H20N2O2S/c21-14-15(20(23)22-16-7-3-1-4-8-16)13-17-11-12-19(24-17)25-18-9-5-2-6-10-18/h2,5-6,9-13,16H,1,3-4,7-8H2,(H,22,23)/b15-13+. The third-order valence-corrected chi connectivity index (χ3v) is 5.08. The molecule has 0 radical (unpaired) electrons. The summed E-state index contributed by atoms with van der Waals surface area (Å²) >= 11 is 1.50. The summed E-state index contributed by atoms with van der Waals surface area (Å²) in [5.74, 6) is 0.192. The predicted molar refractivity (Wildman–Crippen MR) is 97.9 cm³/mol. The van der Waals surface area contributed by atoms with Crippen LogP contribution in [0.1, 0.15) is 37.9 Å². The molecule has 1 saturated carbocycles. The molecule has 1 N–H and O–H groups in total. The smallest absolute Gasteiger partial charge is 0.262 e. The zero-order valence-electron chi connectivity index (χ0n) is 13.9. The van der Waals surface area contributed by atoms with Crippen LogP contribution in [-0.2, 0) is 4.79 Å². The van der Waals surface area contributed by atoms with E-state index in [1.54, 1.807) is 6.07 Å². The molecule has 0 spiro atoms. The fourth-order valence-electron chi connectivity index (χ4n) is 2.87. The summed E-state index contributed by atoms with van der Waals surface area (Å²) in [7, 11) is 0. The second kappa shape index (κ2) is 8.59. The molecule has 3 rings (SSSR count). The summed E-state index contributed by atoms with van der Waals surface area (Å²) in [4.78, 5) is 13.4. The molecule has 1 amide bonds. The third-order valence-electron chi connectivity index (χ3n) is 4.16. The van der Waals surface area contributed by atoms with Gasteiger partial charge >= 0.3 is 0 Å². The highest BCUT2D eigenvalue weighted by molar-refractivity contribution is 7.99. The van der Waals surface area contributed by atoms with Crippen LogP contribution in [0.2, 0.25) is 0 Å². The lowest BCUT2D eigenvalue weighted by Crippen LogP contribution is -2.36. The second-order valence-electron chi connectivity index (χ2n) is 6.05. The fraction of sp³-hybridized carbons (Fsp3) is 0.300. The van der Waals surface area contributed by atoms with Gasteiger partial charge in [0.2, 0.25) is 0 Å². The molecule has 0 unspecified atom stereocenters. The van der Waals surface area contributed by atoms with Crippen LogP contribution < -0.4 is 5.32 Å². The quantitative estimate of drug-likeness (QED) is 0.621. The van der Waals surface area contributed by atoms with E-state index in [1.807, 2.05) is 42.5 Å². The number of carbonyl (C=O) groups is 1. The molecule has 0 atom stereocenters. The Hall–Kier alpha value is -2.45. The maximum atomic E-state index is 12.3. The van der Waals surface area contributed by atoms with E-state index >= 15 is 0 Å². The molecule has 5 heteroatoms. The minimum Gasteiger partial charge on any atom is -0.450 e. The van der Waals surface area contributed by atoms with Crippen molar-refractivity contribution in [1.29, 1.82) is 5.26 Å². The first-order chi connectivity index (χ1) is 12.2. The Morgan fingerprint density at radius 1 is 1.16 bits per heavy atom. The summed E-state index contributed by atoms with van der Waals surface area (Å²) in [6.07, 6.45) is 6.98. The van der Waals surface area contributed by atoms with Crippen molar-refractivity contribution in [2.45, 2.75) is 48.1 Å². The number of amides is 1. The van der Waals surface area contributed by atoms with Gasteiger partial charge < -0.3 is 9.73 Å². The van der Waals surface area contributed by atoms with Crippen molar-refractivity contribution in [2.24, 2.45) is 0 Å². The lowest BCUT2D eigenvalue weighted by molar-refractivity contribution is -0.117. The number of rotatable bonds is 5. The van der Waals surface area contributed by atoms with Gasteiger partial charge in [-0.2, -0.15) is 5.26 Å². The predicted octanol–water partition coefficient (Wildman–Crippen LogP) is 4.79. The zero-order chi connectivity index (χ0) is 17.5. The Balaban J connectivity index is 1.65. The van der Waals surface area contributed by atoms with E-state index in [-0.39, 0.29) is 17.5 Å². The highest BCUT2D eigenvalue weighted by atomic mass is 32.2. The largest absolute Gasteiger partial charge is 0.450 e. The molecule has 25 heavy (non-hydrogen) atoms. The van der Waals surface area contributed by atoms with Crippen molar-refractivity contribution in [1.82, 2.24) is 5.32 Å². The van der Waals surface area contributed by atoms with Crippen LogP contribution in [0.15, 0.2) is 62.4 Å². The minimum atomic E-state index is -0.317. The third kappa shape index (κ3) is 5.01. The Kier molecular flexibility index (Phi) is 5.97. The summed E-state index contributed by atoms with van der Waals surface area (Å²) in [6.45, 7) is 0. The van der Waals surface area contributed by atoms with E-state index in [4.69, 9.17) is 4.42 Å². The molecule has 1 aromatic heterocycles. The lowest BCUT2D eigenvalue weighted by Gasteiger charge is -2.22. The van der Waals surface area contributed by atoms with Crippen LogP contribution in [0.4, 0.5) is 0 Å².